The monoisotopic (exact) mass is 144 g/mol. The fraction of sp³-hybridized carbons (Fsp3) is 1.00. The van der Waals surface area contributed by atoms with E-state index in [1.165, 1.54) is 0 Å². The van der Waals surface area contributed by atoms with Crippen LogP contribution >= 0.6 is 0 Å². The summed E-state index contributed by atoms with van der Waals surface area (Å²) in [5.41, 5.74) is 5.02. The maximum atomic E-state index is 9.78. The van der Waals surface area contributed by atoms with Crippen molar-refractivity contribution in [1.29, 1.82) is 0 Å². The zero-order valence-electron chi connectivity index (χ0n) is 6.43. The molecule has 0 aliphatic carbocycles. The summed E-state index contributed by atoms with van der Waals surface area (Å²) < 4.78 is 0. The standard InChI is InChI=1S/C7H16N2O/c1-6(8)7(10)2-4-9-5-3-7/h6,9-10H,2-5,8H2,1H3/t6-/m1/s1. The van der Waals surface area contributed by atoms with E-state index in [1.807, 2.05) is 6.92 Å². The summed E-state index contributed by atoms with van der Waals surface area (Å²) in [4.78, 5) is 0. The van der Waals surface area contributed by atoms with E-state index in [4.69, 9.17) is 5.73 Å². The summed E-state index contributed by atoms with van der Waals surface area (Å²) >= 11 is 0. The highest BCUT2D eigenvalue weighted by atomic mass is 16.3. The van der Waals surface area contributed by atoms with Gasteiger partial charge in [0.2, 0.25) is 0 Å². The van der Waals surface area contributed by atoms with Gasteiger partial charge in [0.1, 0.15) is 0 Å². The van der Waals surface area contributed by atoms with E-state index in [-0.39, 0.29) is 6.04 Å². The van der Waals surface area contributed by atoms with Gasteiger partial charge in [0.05, 0.1) is 5.60 Å². The van der Waals surface area contributed by atoms with Gasteiger partial charge in [-0.25, -0.2) is 0 Å². The summed E-state index contributed by atoms with van der Waals surface area (Å²) in [6.07, 6.45) is 1.56. The molecule has 1 rings (SSSR count). The van der Waals surface area contributed by atoms with Crippen molar-refractivity contribution >= 4 is 0 Å². The molecule has 0 radical (unpaired) electrons. The van der Waals surface area contributed by atoms with Crippen molar-refractivity contribution in [3.63, 3.8) is 0 Å². The van der Waals surface area contributed by atoms with Crippen LogP contribution in [0.1, 0.15) is 19.8 Å². The van der Waals surface area contributed by atoms with E-state index in [0.717, 1.165) is 25.9 Å². The zero-order chi connectivity index (χ0) is 7.61. The number of nitrogens with one attached hydrogen (secondary N) is 1. The molecular formula is C7H16N2O. The third kappa shape index (κ3) is 1.48. The van der Waals surface area contributed by atoms with Crippen molar-refractivity contribution in [1.82, 2.24) is 5.32 Å². The molecule has 4 N–H and O–H groups in total. The molecule has 0 spiro atoms. The Balaban J connectivity index is 2.48. The first-order valence-electron chi connectivity index (χ1n) is 3.84. The van der Waals surface area contributed by atoms with E-state index in [0.29, 0.717) is 0 Å². The molecule has 1 aliphatic rings. The van der Waals surface area contributed by atoms with Crippen molar-refractivity contribution in [2.75, 3.05) is 13.1 Å². The number of piperidine rings is 1. The molecule has 0 unspecified atom stereocenters. The van der Waals surface area contributed by atoms with Gasteiger partial charge in [0.15, 0.2) is 0 Å². The molecule has 0 aromatic carbocycles. The lowest BCUT2D eigenvalue weighted by Gasteiger charge is -2.35. The Morgan fingerprint density at radius 3 is 2.30 bits per heavy atom. The molecule has 1 aliphatic heterocycles. The van der Waals surface area contributed by atoms with Crippen LogP contribution in [0.5, 0.6) is 0 Å². The van der Waals surface area contributed by atoms with Gasteiger partial charge in [-0.3, -0.25) is 0 Å². The molecule has 1 saturated heterocycles. The fourth-order valence-electron chi connectivity index (χ4n) is 1.32. The van der Waals surface area contributed by atoms with E-state index in [1.54, 1.807) is 0 Å². The predicted octanol–water partition coefficient (Wildman–Crippen LogP) is -0.552. The number of rotatable bonds is 1. The lowest BCUT2D eigenvalue weighted by atomic mass is 9.86. The Morgan fingerprint density at radius 2 is 2.00 bits per heavy atom. The van der Waals surface area contributed by atoms with Crippen molar-refractivity contribution < 1.29 is 5.11 Å². The molecule has 0 amide bonds. The molecular weight excluding hydrogens is 128 g/mol. The molecule has 0 aromatic heterocycles. The smallest absolute Gasteiger partial charge is 0.0819 e. The van der Waals surface area contributed by atoms with Gasteiger partial charge in [0.25, 0.3) is 0 Å². The molecule has 1 fully saturated rings. The molecule has 0 saturated carbocycles. The van der Waals surface area contributed by atoms with Crippen LogP contribution in [0.15, 0.2) is 0 Å². The number of hydrogen-bond donors (Lipinski definition) is 3. The largest absolute Gasteiger partial charge is 0.388 e. The Morgan fingerprint density at radius 1 is 1.50 bits per heavy atom. The molecule has 1 atom stereocenters. The van der Waals surface area contributed by atoms with Crippen LogP contribution in [-0.4, -0.2) is 29.8 Å². The van der Waals surface area contributed by atoms with Gasteiger partial charge >= 0.3 is 0 Å². The average molecular weight is 144 g/mol. The number of nitrogens with two attached hydrogens (primary N) is 1. The molecule has 1 heterocycles. The van der Waals surface area contributed by atoms with Crippen LogP contribution in [0, 0.1) is 0 Å². The minimum Gasteiger partial charge on any atom is -0.388 e. The van der Waals surface area contributed by atoms with E-state index >= 15 is 0 Å². The Hall–Kier alpha value is -0.120. The summed E-state index contributed by atoms with van der Waals surface area (Å²) in [7, 11) is 0. The molecule has 3 nitrogen and oxygen atoms in total. The first kappa shape index (κ1) is 7.98. The van der Waals surface area contributed by atoms with Gasteiger partial charge < -0.3 is 16.2 Å². The SMILES string of the molecule is C[C@@H](N)C1(O)CCNCC1. The Labute approximate surface area is 61.6 Å². The van der Waals surface area contributed by atoms with E-state index < -0.39 is 5.60 Å². The van der Waals surface area contributed by atoms with Crippen molar-refractivity contribution in [2.24, 2.45) is 5.73 Å². The van der Waals surface area contributed by atoms with Crippen molar-refractivity contribution in [3.8, 4) is 0 Å². The third-order valence-electron chi connectivity index (χ3n) is 2.32. The molecule has 0 bridgehead atoms. The fourth-order valence-corrected chi connectivity index (χ4v) is 1.32. The third-order valence-corrected chi connectivity index (χ3v) is 2.32. The summed E-state index contributed by atoms with van der Waals surface area (Å²) in [6.45, 7) is 3.64. The normalized spacial score (nSPS) is 27.9. The van der Waals surface area contributed by atoms with Crippen LogP contribution in [-0.2, 0) is 0 Å². The van der Waals surface area contributed by atoms with Gasteiger partial charge in [-0.2, -0.15) is 0 Å². The van der Waals surface area contributed by atoms with Crippen molar-refractivity contribution in [2.45, 2.75) is 31.4 Å². The molecule has 10 heavy (non-hydrogen) atoms. The molecule has 3 heteroatoms. The lowest BCUT2D eigenvalue weighted by Crippen LogP contribution is -2.52. The summed E-state index contributed by atoms with van der Waals surface area (Å²) in [5, 5.41) is 13.0. The topological polar surface area (TPSA) is 58.3 Å². The summed E-state index contributed by atoms with van der Waals surface area (Å²) in [6, 6.07) is -0.102. The van der Waals surface area contributed by atoms with E-state index in [2.05, 4.69) is 5.32 Å². The molecule has 0 aromatic rings. The van der Waals surface area contributed by atoms with Gasteiger partial charge in [-0.05, 0) is 32.9 Å². The Bertz CT molecular complexity index is 108. The summed E-state index contributed by atoms with van der Waals surface area (Å²) in [5.74, 6) is 0. The number of aliphatic hydroxyl groups is 1. The predicted molar refractivity (Wildman–Crippen MR) is 40.7 cm³/mol. The average Bonchev–Trinajstić information content (AvgIpc) is 1.89. The van der Waals surface area contributed by atoms with Crippen LogP contribution in [0.2, 0.25) is 0 Å². The first-order chi connectivity index (χ1) is 4.65. The second-order valence-corrected chi connectivity index (χ2v) is 3.14. The highest BCUT2D eigenvalue weighted by molar-refractivity contribution is 4.90. The zero-order valence-corrected chi connectivity index (χ0v) is 6.43. The maximum Gasteiger partial charge on any atom is 0.0819 e. The van der Waals surface area contributed by atoms with Crippen molar-refractivity contribution in [3.05, 3.63) is 0 Å². The minimum absolute atomic E-state index is 0.102. The van der Waals surface area contributed by atoms with Crippen LogP contribution < -0.4 is 11.1 Å². The van der Waals surface area contributed by atoms with Crippen LogP contribution in [0.25, 0.3) is 0 Å². The second-order valence-electron chi connectivity index (χ2n) is 3.14. The van der Waals surface area contributed by atoms with E-state index in [9.17, 15) is 5.11 Å². The highest BCUT2D eigenvalue weighted by Crippen LogP contribution is 2.20. The van der Waals surface area contributed by atoms with Crippen LogP contribution in [0.4, 0.5) is 0 Å². The molecule has 60 valence electrons. The lowest BCUT2D eigenvalue weighted by molar-refractivity contribution is -0.00832. The minimum atomic E-state index is -0.606. The van der Waals surface area contributed by atoms with Gasteiger partial charge in [-0.15, -0.1) is 0 Å². The highest BCUT2D eigenvalue weighted by Gasteiger charge is 2.32. The first-order valence-corrected chi connectivity index (χ1v) is 3.84. The van der Waals surface area contributed by atoms with Gasteiger partial charge in [0, 0.05) is 6.04 Å². The maximum absolute atomic E-state index is 9.78. The number of hydrogen-bond acceptors (Lipinski definition) is 3. The van der Waals surface area contributed by atoms with Gasteiger partial charge in [-0.1, -0.05) is 0 Å². The second kappa shape index (κ2) is 2.86. The quantitative estimate of drug-likeness (QED) is 0.463. The Kier molecular flexibility index (Phi) is 2.28. The van der Waals surface area contributed by atoms with Crippen LogP contribution in [0.3, 0.4) is 0 Å².